The third-order valence-electron chi connectivity index (χ3n) is 4.67. The second kappa shape index (κ2) is 7.67. The van der Waals surface area contributed by atoms with E-state index in [4.69, 9.17) is 4.74 Å². The minimum atomic E-state index is -0.480. The fourth-order valence-electron chi connectivity index (χ4n) is 2.89. The van der Waals surface area contributed by atoms with Crippen LogP contribution < -0.4 is 9.64 Å². The monoisotopic (exact) mass is 357 g/mol. The van der Waals surface area contributed by atoms with Gasteiger partial charge in [-0.15, -0.1) is 0 Å². The highest BCUT2D eigenvalue weighted by Gasteiger charge is 2.21. The average molecular weight is 357 g/mol. The van der Waals surface area contributed by atoms with Gasteiger partial charge in [0, 0.05) is 7.05 Å². The van der Waals surface area contributed by atoms with Crippen molar-refractivity contribution in [1.29, 1.82) is 0 Å². The van der Waals surface area contributed by atoms with Gasteiger partial charge in [0.05, 0.1) is 38.7 Å². The van der Waals surface area contributed by atoms with Crippen molar-refractivity contribution in [3.63, 3.8) is 0 Å². The molecule has 0 aliphatic heterocycles. The number of fused-ring (bicyclic) bond motifs is 1. The molecule has 3 rings (SSSR count). The molecule has 0 bridgehead atoms. The van der Waals surface area contributed by atoms with Gasteiger partial charge in [-0.2, -0.15) is 0 Å². The van der Waals surface area contributed by atoms with Crippen molar-refractivity contribution in [3.8, 4) is 5.75 Å². The van der Waals surface area contributed by atoms with Gasteiger partial charge in [-0.25, -0.2) is 15.0 Å². The number of hydrogen-bond acceptors (Lipinski definition) is 7. The Bertz CT molecular complexity index is 861. The number of aliphatic hydroxyl groups excluding tert-OH is 2. The van der Waals surface area contributed by atoms with E-state index >= 15 is 0 Å². The fraction of sp³-hybridized carbons (Fsp3) is 0.389. The summed E-state index contributed by atoms with van der Waals surface area (Å²) < 4.78 is 6.88. The molecule has 2 aromatic heterocycles. The van der Waals surface area contributed by atoms with E-state index in [2.05, 4.69) is 21.9 Å². The molecule has 0 saturated heterocycles. The number of aliphatic hydroxyl groups is 2. The first-order valence-corrected chi connectivity index (χ1v) is 8.36. The van der Waals surface area contributed by atoms with Gasteiger partial charge in [0.15, 0.2) is 17.0 Å². The van der Waals surface area contributed by atoms with Crippen LogP contribution in [0.15, 0.2) is 36.9 Å². The van der Waals surface area contributed by atoms with E-state index in [1.165, 1.54) is 6.33 Å². The zero-order valence-corrected chi connectivity index (χ0v) is 15.1. The molecular formula is C18H23N5O3. The van der Waals surface area contributed by atoms with Crippen molar-refractivity contribution in [2.75, 3.05) is 32.3 Å². The number of hydrogen-bond donors (Lipinski definition) is 2. The van der Waals surface area contributed by atoms with Crippen LogP contribution in [0, 0.1) is 0 Å². The molecule has 0 fully saturated rings. The maximum Gasteiger partial charge on any atom is 0.165 e. The number of anilines is 1. The topological polar surface area (TPSA) is 96.5 Å². The van der Waals surface area contributed by atoms with E-state index in [9.17, 15) is 10.2 Å². The summed E-state index contributed by atoms with van der Waals surface area (Å²) in [6, 6.07) is 7.46. The van der Waals surface area contributed by atoms with E-state index in [0.29, 0.717) is 17.0 Å². The molecule has 0 amide bonds. The van der Waals surface area contributed by atoms with Crippen LogP contribution in [-0.4, -0.2) is 57.1 Å². The molecule has 1 unspecified atom stereocenters. The molecule has 138 valence electrons. The number of rotatable bonds is 7. The Morgan fingerprint density at radius 2 is 1.81 bits per heavy atom. The Labute approximate surface area is 151 Å². The van der Waals surface area contributed by atoms with E-state index in [1.54, 1.807) is 18.0 Å². The summed E-state index contributed by atoms with van der Waals surface area (Å²) in [4.78, 5) is 15.1. The SMILES string of the molecule is COc1ccc(C(C)N(C)c2ncnc3c2ncn3C(CO)CO)cc1. The van der Waals surface area contributed by atoms with Gasteiger partial charge in [-0.3, -0.25) is 0 Å². The normalized spacial score (nSPS) is 12.5. The number of aromatic nitrogens is 4. The largest absolute Gasteiger partial charge is 0.497 e. The quantitative estimate of drug-likeness (QED) is 0.662. The number of nitrogens with zero attached hydrogens (tertiary/aromatic N) is 5. The Balaban J connectivity index is 1.96. The molecule has 0 aliphatic carbocycles. The number of imidazole rings is 1. The summed E-state index contributed by atoms with van der Waals surface area (Å²) in [5.74, 6) is 1.50. The number of benzene rings is 1. The molecule has 3 aromatic rings. The van der Waals surface area contributed by atoms with Crippen LogP contribution in [0.1, 0.15) is 24.6 Å². The van der Waals surface area contributed by atoms with Crippen molar-refractivity contribution in [1.82, 2.24) is 19.5 Å². The van der Waals surface area contributed by atoms with Crippen LogP contribution in [0.3, 0.4) is 0 Å². The zero-order chi connectivity index (χ0) is 18.7. The molecule has 1 atom stereocenters. The van der Waals surface area contributed by atoms with Crippen molar-refractivity contribution >= 4 is 17.0 Å². The summed E-state index contributed by atoms with van der Waals surface area (Å²) in [5.41, 5.74) is 2.32. The Hall–Kier alpha value is -2.71. The van der Waals surface area contributed by atoms with Crippen molar-refractivity contribution in [2.24, 2.45) is 0 Å². The molecule has 8 nitrogen and oxygen atoms in total. The highest BCUT2D eigenvalue weighted by atomic mass is 16.5. The first-order valence-electron chi connectivity index (χ1n) is 8.36. The van der Waals surface area contributed by atoms with Crippen LogP contribution in [0.2, 0.25) is 0 Å². The predicted octanol–water partition coefficient (Wildman–Crippen LogP) is 1.56. The fourth-order valence-corrected chi connectivity index (χ4v) is 2.89. The van der Waals surface area contributed by atoms with Gasteiger partial charge in [0.1, 0.15) is 12.1 Å². The highest BCUT2D eigenvalue weighted by Crippen LogP contribution is 2.29. The lowest BCUT2D eigenvalue weighted by atomic mass is 10.1. The lowest BCUT2D eigenvalue weighted by molar-refractivity contribution is 0.156. The molecule has 0 saturated carbocycles. The third-order valence-corrected chi connectivity index (χ3v) is 4.67. The molecule has 0 spiro atoms. The van der Waals surface area contributed by atoms with Crippen molar-refractivity contribution in [3.05, 3.63) is 42.5 Å². The van der Waals surface area contributed by atoms with Crippen molar-refractivity contribution in [2.45, 2.75) is 19.0 Å². The van der Waals surface area contributed by atoms with E-state index in [1.807, 2.05) is 36.2 Å². The Kier molecular flexibility index (Phi) is 5.34. The maximum atomic E-state index is 9.44. The van der Waals surface area contributed by atoms with E-state index in [-0.39, 0.29) is 19.3 Å². The first kappa shape index (κ1) is 18.1. The minimum Gasteiger partial charge on any atom is -0.497 e. The summed E-state index contributed by atoms with van der Waals surface area (Å²) in [6.07, 6.45) is 3.05. The molecule has 0 aliphatic rings. The summed E-state index contributed by atoms with van der Waals surface area (Å²) in [7, 11) is 3.59. The van der Waals surface area contributed by atoms with Crippen LogP contribution in [0.5, 0.6) is 5.75 Å². The molecule has 26 heavy (non-hydrogen) atoms. The van der Waals surface area contributed by atoms with Crippen molar-refractivity contribution < 1.29 is 14.9 Å². The van der Waals surface area contributed by atoms with Gasteiger partial charge in [-0.1, -0.05) is 12.1 Å². The molecule has 8 heteroatoms. The predicted molar refractivity (Wildman–Crippen MR) is 98.3 cm³/mol. The summed E-state index contributed by atoms with van der Waals surface area (Å²) in [6.45, 7) is 1.69. The number of methoxy groups -OCH3 is 1. The highest BCUT2D eigenvalue weighted by molar-refractivity contribution is 5.83. The lowest BCUT2D eigenvalue weighted by Crippen LogP contribution is -2.23. The van der Waals surface area contributed by atoms with E-state index in [0.717, 1.165) is 11.3 Å². The van der Waals surface area contributed by atoms with Crippen LogP contribution in [0.25, 0.3) is 11.2 Å². The molecule has 2 heterocycles. The van der Waals surface area contributed by atoms with Crippen LogP contribution in [0.4, 0.5) is 5.82 Å². The molecular weight excluding hydrogens is 334 g/mol. The van der Waals surface area contributed by atoms with Gasteiger partial charge in [0.25, 0.3) is 0 Å². The maximum absolute atomic E-state index is 9.44. The summed E-state index contributed by atoms with van der Waals surface area (Å²) >= 11 is 0. The Morgan fingerprint density at radius 1 is 1.12 bits per heavy atom. The zero-order valence-electron chi connectivity index (χ0n) is 15.1. The Morgan fingerprint density at radius 3 is 2.42 bits per heavy atom. The number of ether oxygens (including phenoxy) is 1. The van der Waals surface area contributed by atoms with Crippen LogP contribution >= 0.6 is 0 Å². The standard InChI is InChI=1S/C18H23N5O3/c1-12(13-4-6-15(26-3)7-5-13)22(2)17-16-18(20-10-19-17)23(11-21-16)14(8-24)9-25/h4-7,10-12,14,24-25H,8-9H2,1-3H3. The molecule has 1 aromatic carbocycles. The molecule has 0 radical (unpaired) electrons. The van der Waals surface area contributed by atoms with Gasteiger partial charge < -0.3 is 24.4 Å². The van der Waals surface area contributed by atoms with Gasteiger partial charge in [0.2, 0.25) is 0 Å². The van der Waals surface area contributed by atoms with Crippen LogP contribution in [-0.2, 0) is 0 Å². The minimum absolute atomic E-state index is 0.0515. The van der Waals surface area contributed by atoms with Gasteiger partial charge >= 0.3 is 0 Å². The second-order valence-electron chi connectivity index (χ2n) is 6.10. The molecule has 2 N–H and O–H groups in total. The smallest absolute Gasteiger partial charge is 0.165 e. The average Bonchev–Trinajstić information content (AvgIpc) is 3.12. The third kappa shape index (κ3) is 3.21. The second-order valence-corrected chi connectivity index (χ2v) is 6.10. The van der Waals surface area contributed by atoms with E-state index < -0.39 is 6.04 Å². The summed E-state index contributed by atoms with van der Waals surface area (Å²) in [5, 5.41) is 18.9. The first-order chi connectivity index (χ1) is 12.6. The lowest BCUT2D eigenvalue weighted by Gasteiger charge is -2.26. The van der Waals surface area contributed by atoms with Gasteiger partial charge in [-0.05, 0) is 24.6 Å².